The molecule has 104 valence electrons. The maximum absolute atomic E-state index is 13.5. The summed E-state index contributed by atoms with van der Waals surface area (Å²) >= 11 is 0. The lowest BCUT2D eigenvalue weighted by molar-refractivity contribution is -0.122. The molecule has 19 heavy (non-hydrogen) atoms. The first-order valence-corrected chi connectivity index (χ1v) is 6.40. The molecule has 0 saturated carbocycles. The van der Waals surface area contributed by atoms with Crippen molar-refractivity contribution in [2.45, 2.75) is 19.4 Å². The Balaban J connectivity index is 2.08. The summed E-state index contributed by atoms with van der Waals surface area (Å²) in [6.45, 7) is 3.44. The van der Waals surface area contributed by atoms with Gasteiger partial charge < -0.3 is 10.1 Å². The van der Waals surface area contributed by atoms with E-state index in [1.807, 2.05) is 6.92 Å². The predicted octanol–water partition coefficient (Wildman–Crippen LogP) is 1.70. The highest BCUT2D eigenvalue weighted by Gasteiger charge is 2.33. The molecule has 0 radical (unpaired) electrons. The molecule has 1 heterocycles. The Morgan fingerprint density at radius 2 is 2.05 bits per heavy atom. The summed E-state index contributed by atoms with van der Waals surface area (Å²) in [7, 11) is 0. The number of Topliss-reactive ketones (excluding diaryl/α,β-unsaturated/α-hetero) is 1. The number of ether oxygens (including phenoxy) is 1. The van der Waals surface area contributed by atoms with Crippen LogP contribution in [-0.2, 0) is 16.0 Å². The molecule has 1 aromatic rings. The number of hydrogen-bond donors (Lipinski definition) is 1. The first-order chi connectivity index (χ1) is 9.13. The highest BCUT2D eigenvalue weighted by Crippen LogP contribution is 2.20. The van der Waals surface area contributed by atoms with E-state index in [4.69, 9.17) is 4.74 Å². The van der Waals surface area contributed by atoms with Gasteiger partial charge in [0.2, 0.25) is 0 Å². The van der Waals surface area contributed by atoms with Gasteiger partial charge in [0.25, 0.3) is 0 Å². The van der Waals surface area contributed by atoms with E-state index in [-0.39, 0.29) is 29.7 Å². The number of hydrogen-bond acceptors (Lipinski definition) is 3. The van der Waals surface area contributed by atoms with Gasteiger partial charge in [0.05, 0.1) is 19.1 Å². The topological polar surface area (TPSA) is 38.3 Å². The van der Waals surface area contributed by atoms with Gasteiger partial charge in [-0.1, -0.05) is 13.0 Å². The fourth-order valence-corrected chi connectivity index (χ4v) is 2.34. The Bertz CT molecular complexity index is 445. The molecular weight excluding hydrogens is 252 g/mol. The number of benzene rings is 1. The number of ketones is 1. The van der Waals surface area contributed by atoms with Crippen LogP contribution in [-0.4, -0.2) is 31.6 Å². The summed E-state index contributed by atoms with van der Waals surface area (Å²) in [5.74, 6) is -1.87. The van der Waals surface area contributed by atoms with Crippen molar-refractivity contribution in [2.75, 3.05) is 19.8 Å². The van der Waals surface area contributed by atoms with Crippen molar-refractivity contribution >= 4 is 5.78 Å². The second-order valence-electron chi connectivity index (χ2n) is 4.65. The van der Waals surface area contributed by atoms with E-state index < -0.39 is 11.6 Å². The van der Waals surface area contributed by atoms with Crippen LogP contribution < -0.4 is 5.32 Å². The van der Waals surface area contributed by atoms with E-state index in [0.29, 0.717) is 13.2 Å². The predicted molar refractivity (Wildman–Crippen MR) is 66.8 cm³/mol. The van der Waals surface area contributed by atoms with E-state index in [1.165, 1.54) is 18.2 Å². The van der Waals surface area contributed by atoms with Crippen LogP contribution in [0.1, 0.15) is 12.5 Å². The van der Waals surface area contributed by atoms with E-state index in [1.54, 1.807) is 0 Å². The number of rotatable bonds is 5. The van der Waals surface area contributed by atoms with Crippen molar-refractivity contribution in [3.63, 3.8) is 0 Å². The fourth-order valence-electron chi connectivity index (χ4n) is 2.34. The quantitative estimate of drug-likeness (QED) is 0.884. The van der Waals surface area contributed by atoms with Crippen LogP contribution in [0.2, 0.25) is 0 Å². The van der Waals surface area contributed by atoms with E-state index >= 15 is 0 Å². The van der Waals surface area contributed by atoms with Gasteiger partial charge in [0.15, 0.2) is 0 Å². The van der Waals surface area contributed by atoms with Gasteiger partial charge in [0, 0.05) is 18.0 Å². The van der Waals surface area contributed by atoms with Crippen LogP contribution in [0.4, 0.5) is 8.78 Å². The van der Waals surface area contributed by atoms with Crippen molar-refractivity contribution in [1.82, 2.24) is 5.32 Å². The zero-order valence-electron chi connectivity index (χ0n) is 10.8. The van der Waals surface area contributed by atoms with Crippen LogP contribution in [0.3, 0.4) is 0 Å². The smallest absolute Gasteiger partial charge is 0.144 e. The van der Waals surface area contributed by atoms with E-state index in [2.05, 4.69) is 5.32 Å². The van der Waals surface area contributed by atoms with Crippen LogP contribution in [0.5, 0.6) is 0 Å². The molecular formula is C14H17F2NO2. The number of nitrogens with one attached hydrogen (secondary N) is 1. The molecule has 2 rings (SSSR count). The minimum atomic E-state index is -0.674. The Kier molecular flexibility index (Phi) is 4.61. The van der Waals surface area contributed by atoms with Gasteiger partial charge in [-0.2, -0.15) is 0 Å². The average molecular weight is 269 g/mol. The molecule has 3 nitrogen and oxygen atoms in total. The Morgan fingerprint density at radius 3 is 2.68 bits per heavy atom. The molecule has 0 bridgehead atoms. The molecule has 1 aliphatic heterocycles. The maximum atomic E-state index is 13.5. The summed E-state index contributed by atoms with van der Waals surface area (Å²) in [4.78, 5) is 12.2. The largest absolute Gasteiger partial charge is 0.379 e. The van der Waals surface area contributed by atoms with Gasteiger partial charge in [-0.25, -0.2) is 8.78 Å². The Labute approximate surface area is 111 Å². The van der Waals surface area contributed by atoms with E-state index in [0.717, 1.165) is 6.54 Å². The Hall–Kier alpha value is -1.33. The lowest BCUT2D eigenvalue weighted by Gasteiger charge is -2.17. The van der Waals surface area contributed by atoms with Gasteiger partial charge >= 0.3 is 0 Å². The molecule has 0 amide bonds. The SMILES string of the molecule is CCNC1COCC1C(=O)Cc1c(F)cccc1F. The van der Waals surface area contributed by atoms with Crippen molar-refractivity contribution in [3.05, 3.63) is 35.4 Å². The monoisotopic (exact) mass is 269 g/mol. The molecule has 1 aromatic carbocycles. The van der Waals surface area contributed by atoms with Crippen molar-refractivity contribution in [3.8, 4) is 0 Å². The first kappa shape index (κ1) is 14.1. The minimum absolute atomic E-state index is 0.0627. The third-order valence-corrected chi connectivity index (χ3v) is 3.37. The van der Waals surface area contributed by atoms with Crippen LogP contribution >= 0.6 is 0 Å². The Morgan fingerprint density at radius 1 is 1.37 bits per heavy atom. The highest BCUT2D eigenvalue weighted by molar-refractivity contribution is 5.84. The number of carbonyl (C=O) groups excluding carboxylic acids is 1. The third kappa shape index (κ3) is 3.16. The van der Waals surface area contributed by atoms with Gasteiger partial charge in [-0.15, -0.1) is 0 Å². The van der Waals surface area contributed by atoms with Gasteiger partial charge in [-0.3, -0.25) is 4.79 Å². The maximum Gasteiger partial charge on any atom is 0.144 e. The molecule has 0 aliphatic carbocycles. The zero-order chi connectivity index (χ0) is 13.8. The molecule has 0 aromatic heterocycles. The van der Waals surface area contributed by atoms with Crippen LogP contribution in [0.15, 0.2) is 18.2 Å². The number of likely N-dealkylation sites (N-methyl/N-ethyl adjacent to an activating group) is 1. The van der Waals surface area contributed by atoms with Crippen molar-refractivity contribution in [1.29, 1.82) is 0 Å². The molecule has 5 heteroatoms. The lowest BCUT2D eigenvalue weighted by atomic mass is 9.93. The minimum Gasteiger partial charge on any atom is -0.379 e. The third-order valence-electron chi connectivity index (χ3n) is 3.37. The second kappa shape index (κ2) is 6.21. The molecule has 1 N–H and O–H groups in total. The fraction of sp³-hybridized carbons (Fsp3) is 0.500. The summed E-state index contributed by atoms with van der Waals surface area (Å²) in [6, 6.07) is 3.56. The summed E-state index contributed by atoms with van der Waals surface area (Å²) < 4.78 is 32.3. The molecule has 1 fully saturated rings. The van der Waals surface area contributed by atoms with Crippen LogP contribution in [0.25, 0.3) is 0 Å². The number of carbonyl (C=O) groups is 1. The lowest BCUT2D eigenvalue weighted by Crippen LogP contribution is -2.39. The van der Waals surface area contributed by atoms with Crippen molar-refractivity contribution in [2.24, 2.45) is 5.92 Å². The normalized spacial score (nSPS) is 22.7. The van der Waals surface area contributed by atoms with Gasteiger partial charge in [0.1, 0.15) is 17.4 Å². The summed E-state index contributed by atoms with van der Waals surface area (Å²) in [5.41, 5.74) is -0.158. The first-order valence-electron chi connectivity index (χ1n) is 6.40. The standard InChI is InChI=1S/C14H17F2NO2/c1-2-17-13-8-19-7-10(13)14(18)6-9-11(15)4-3-5-12(9)16/h3-5,10,13,17H,2,6-8H2,1H3. The van der Waals surface area contributed by atoms with Crippen molar-refractivity contribution < 1.29 is 18.3 Å². The van der Waals surface area contributed by atoms with E-state index in [9.17, 15) is 13.6 Å². The number of halogens is 2. The summed E-state index contributed by atoms with van der Waals surface area (Å²) in [6.07, 6.45) is -0.228. The highest BCUT2D eigenvalue weighted by atomic mass is 19.1. The average Bonchev–Trinajstić information content (AvgIpc) is 2.83. The van der Waals surface area contributed by atoms with Crippen LogP contribution in [0, 0.1) is 17.6 Å². The second-order valence-corrected chi connectivity index (χ2v) is 4.65. The molecule has 1 aliphatic rings. The molecule has 2 atom stereocenters. The summed E-state index contributed by atoms with van der Waals surface area (Å²) in [5, 5.41) is 3.16. The van der Waals surface area contributed by atoms with Gasteiger partial charge in [-0.05, 0) is 18.7 Å². The zero-order valence-corrected chi connectivity index (χ0v) is 10.8. The molecule has 0 spiro atoms. The molecule has 1 saturated heterocycles. The molecule has 2 unspecified atom stereocenters.